The van der Waals surface area contributed by atoms with Crippen LogP contribution in [0.3, 0.4) is 0 Å². The Morgan fingerprint density at radius 1 is 1.19 bits per heavy atom. The molecule has 1 amide bonds. The van der Waals surface area contributed by atoms with Crippen LogP contribution in [-0.4, -0.2) is 23.4 Å². The Labute approximate surface area is 128 Å². The van der Waals surface area contributed by atoms with E-state index in [1.54, 1.807) is 0 Å². The first-order valence-electron chi connectivity index (χ1n) is 8.21. The molecule has 0 saturated carbocycles. The first kappa shape index (κ1) is 16.0. The summed E-state index contributed by atoms with van der Waals surface area (Å²) in [5, 5.41) is 3.42. The third-order valence-electron chi connectivity index (χ3n) is 4.29. The molecule has 116 valence electrons. The van der Waals surface area contributed by atoms with Crippen LogP contribution in [-0.2, 0) is 4.79 Å². The van der Waals surface area contributed by atoms with Crippen LogP contribution in [0.4, 0.5) is 0 Å². The average molecular weight is 288 g/mol. The van der Waals surface area contributed by atoms with Crippen LogP contribution in [0.25, 0.3) is 0 Å². The van der Waals surface area contributed by atoms with Crippen LogP contribution in [0.2, 0.25) is 0 Å². The number of carbonyl (C=O) groups is 1. The normalized spacial score (nSPS) is 22.3. The van der Waals surface area contributed by atoms with Gasteiger partial charge in [-0.15, -0.1) is 0 Å². The minimum atomic E-state index is -0.0820. The number of nitrogens with zero attached hydrogens (tertiary/aromatic N) is 1. The molecule has 1 fully saturated rings. The predicted octanol–water partition coefficient (Wildman–Crippen LogP) is 3.82. The van der Waals surface area contributed by atoms with E-state index in [1.807, 2.05) is 11.8 Å². The summed E-state index contributed by atoms with van der Waals surface area (Å²) in [6, 6.07) is 8.59. The van der Waals surface area contributed by atoms with Gasteiger partial charge in [-0.05, 0) is 30.4 Å². The second-order valence-corrected chi connectivity index (χ2v) is 6.35. The molecule has 0 aromatic heterocycles. The average Bonchev–Trinajstić information content (AvgIpc) is 2.76. The lowest BCUT2D eigenvalue weighted by molar-refractivity contribution is -0.129. The maximum absolute atomic E-state index is 12.3. The molecule has 1 aromatic rings. The van der Waals surface area contributed by atoms with Gasteiger partial charge in [0, 0.05) is 6.54 Å². The zero-order chi connectivity index (χ0) is 15.4. The molecule has 0 radical (unpaired) electrons. The second kappa shape index (κ2) is 7.08. The number of amides is 1. The van der Waals surface area contributed by atoms with Gasteiger partial charge in [-0.25, -0.2) is 0 Å². The zero-order valence-corrected chi connectivity index (χ0v) is 13.7. The highest BCUT2D eigenvalue weighted by Crippen LogP contribution is 2.27. The summed E-state index contributed by atoms with van der Waals surface area (Å²) >= 11 is 0. The number of nitrogens with one attached hydrogen (secondary N) is 1. The summed E-state index contributed by atoms with van der Waals surface area (Å²) in [6.45, 7) is 9.39. The molecule has 1 aromatic carbocycles. The summed E-state index contributed by atoms with van der Waals surface area (Å²) in [7, 11) is 0. The van der Waals surface area contributed by atoms with Gasteiger partial charge in [-0.1, -0.05) is 57.9 Å². The topological polar surface area (TPSA) is 32.3 Å². The molecule has 2 unspecified atom stereocenters. The Hall–Kier alpha value is -1.35. The van der Waals surface area contributed by atoms with E-state index >= 15 is 0 Å². The Morgan fingerprint density at radius 3 is 2.43 bits per heavy atom. The minimum absolute atomic E-state index is 0.0329. The highest BCUT2D eigenvalue weighted by Gasteiger charge is 2.36. The maximum atomic E-state index is 12.3. The first-order valence-corrected chi connectivity index (χ1v) is 8.21. The molecular weight excluding hydrogens is 260 g/mol. The quantitative estimate of drug-likeness (QED) is 0.807. The van der Waals surface area contributed by atoms with Crippen molar-refractivity contribution in [2.45, 2.75) is 65.1 Å². The molecule has 3 nitrogen and oxygen atoms in total. The van der Waals surface area contributed by atoms with Crippen LogP contribution in [0.15, 0.2) is 24.3 Å². The molecule has 0 spiro atoms. The van der Waals surface area contributed by atoms with Crippen molar-refractivity contribution >= 4 is 5.91 Å². The third kappa shape index (κ3) is 3.65. The number of carbonyl (C=O) groups excluding carboxylic acids is 1. The summed E-state index contributed by atoms with van der Waals surface area (Å²) in [5.41, 5.74) is 2.53. The van der Waals surface area contributed by atoms with E-state index in [1.165, 1.54) is 24.0 Å². The number of unbranched alkanes of at least 4 members (excludes halogenated alkanes) is 2. The summed E-state index contributed by atoms with van der Waals surface area (Å²) < 4.78 is 0. The largest absolute Gasteiger partial charge is 0.322 e. The lowest BCUT2D eigenvalue weighted by Gasteiger charge is -2.25. The lowest BCUT2D eigenvalue weighted by Crippen LogP contribution is -2.31. The number of rotatable bonds is 6. The van der Waals surface area contributed by atoms with Crippen molar-refractivity contribution in [2.24, 2.45) is 0 Å². The highest BCUT2D eigenvalue weighted by molar-refractivity contribution is 5.84. The first-order chi connectivity index (χ1) is 10.0. The molecule has 21 heavy (non-hydrogen) atoms. The molecule has 2 rings (SSSR count). The van der Waals surface area contributed by atoms with Crippen LogP contribution in [0.5, 0.6) is 0 Å². The van der Waals surface area contributed by atoms with E-state index in [4.69, 9.17) is 0 Å². The van der Waals surface area contributed by atoms with Crippen molar-refractivity contribution in [1.29, 1.82) is 0 Å². The summed E-state index contributed by atoms with van der Waals surface area (Å²) in [4.78, 5) is 14.3. The molecule has 0 aliphatic carbocycles. The van der Waals surface area contributed by atoms with E-state index in [-0.39, 0.29) is 18.1 Å². The number of hydrogen-bond acceptors (Lipinski definition) is 2. The molecule has 2 atom stereocenters. The van der Waals surface area contributed by atoms with Gasteiger partial charge in [0.2, 0.25) is 5.91 Å². The molecule has 0 bridgehead atoms. The number of hydrogen-bond donors (Lipinski definition) is 1. The van der Waals surface area contributed by atoms with Crippen LogP contribution >= 0.6 is 0 Å². The van der Waals surface area contributed by atoms with E-state index in [2.05, 4.69) is 50.4 Å². The molecular formula is C18H28N2O. The Bertz CT molecular complexity index is 467. The van der Waals surface area contributed by atoms with Gasteiger partial charge in [-0.2, -0.15) is 0 Å². The van der Waals surface area contributed by atoms with Gasteiger partial charge in [0.25, 0.3) is 0 Å². The van der Waals surface area contributed by atoms with Gasteiger partial charge in [-0.3, -0.25) is 10.1 Å². The van der Waals surface area contributed by atoms with Crippen molar-refractivity contribution in [3.05, 3.63) is 35.4 Å². The molecule has 1 aliphatic rings. The smallest absolute Gasteiger partial charge is 0.241 e. The van der Waals surface area contributed by atoms with Crippen molar-refractivity contribution < 1.29 is 4.79 Å². The standard InChI is InChI=1S/C18H28N2O/c1-5-6-7-12-20-17(19-14(4)18(20)21)16-10-8-15(9-11-16)13(2)3/h8-11,13-14,17,19H,5-7,12H2,1-4H3. The minimum Gasteiger partial charge on any atom is -0.322 e. The van der Waals surface area contributed by atoms with Gasteiger partial charge >= 0.3 is 0 Å². The Morgan fingerprint density at radius 2 is 1.86 bits per heavy atom. The SMILES string of the molecule is CCCCCN1C(=O)C(C)NC1c1ccc(C(C)C)cc1. The summed E-state index contributed by atoms with van der Waals surface area (Å²) in [5.74, 6) is 0.765. The van der Waals surface area contributed by atoms with E-state index in [0.29, 0.717) is 5.92 Å². The zero-order valence-electron chi connectivity index (χ0n) is 13.7. The third-order valence-corrected chi connectivity index (χ3v) is 4.29. The molecule has 1 N–H and O–H groups in total. The van der Waals surface area contributed by atoms with Gasteiger partial charge in [0.05, 0.1) is 6.04 Å². The number of benzene rings is 1. The predicted molar refractivity (Wildman–Crippen MR) is 87.1 cm³/mol. The van der Waals surface area contributed by atoms with E-state index < -0.39 is 0 Å². The monoisotopic (exact) mass is 288 g/mol. The fourth-order valence-corrected chi connectivity index (χ4v) is 2.88. The molecule has 1 heterocycles. The fraction of sp³-hybridized carbons (Fsp3) is 0.611. The van der Waals surface area contributed by atoms with Crippen LogP contribution in [0.1, 0.15) is 70.2 Å². The Balaban J connectivity index is 2.13. The van der Waals surface area contributed by atoms with Crippen molar-refractivity contribution in [3.63, 3.8) is 0 Å². The maximum Gasteiger partial charge on any atom is 0.241 e. The molecule has 1 aliphatic heterocycles. The summed E-state index contributed by atoms with van der Waals surface area (Å²) in [6.07, 6.45) is 3.47. The van der Waals surface area contributed by atoms with Gasteiger partial charge in [0.15, 0.2) is 0 Å². The van der Waals surface area contributed by atoms with Crippen LogP contribution < -0.4 is 5.32 Å². The molecule has 1 saturated heterocycles. The van der Waals surface area contributed by atoms with Crippen molar-refractivity contribution in [2.75, 3.05) is 6.54 Å². The second-order valence-electron chi connectivity index (χ2n) is 6.35. The molecule has 3 heteroatoms. The highest BCUT2D eigenvalue weighted by atomic mass is 16.2. The van der Waals surface area contributed by atoms with Crippen molar-refractivity contribution in [3.8, 4) is 0 Å². The van der Waals surface area contributed by atoms with Crippen LogP contribution in [0, 0.1) is 0 Å². The van der Waals surface area contributed by atoms with Crippen molar-refractivity contribution in [1.82, 2.24) is 10.2 Å². The van der Waals surface area contributed by atoms with Gasteiger partial charge < -0.3 is 4.90 Å². The Kier molecular flexibility index (Phi) is 5.40. The van der Waals surface area contributed by atoms with E-state index in [9.17, 15) is 4.79 Å². The van der Waals surface area contributed by atoms with Gasteiger partial charge in [0.1, 0.15) is 6.17 Å². The fourth-order valence-electron chi connectivity index (χ4n) is 2.88. The lowest BCUT2D eigenvalue weighted by atomic mass is 10.0. The van der Waals surface area contributed by atoms with E-state index in [0.717, 1.165) is 13.0 Å².